The minimum Gasteiger partial charge on any atom is -0.327 e. The topological polar surface area (TPSA) is 20.3 Å². The molecule has 1 amide bonds. The van der Waals surface area contributed by atoms with Gasteiger partial charge in [-0.05, 0) is 25.7 Å². The summed E-state index contributed by atoms with van der Waals surface area (Å²) in [4.78, 5) is 14.4. The molecule has 0 saturated carbocycles. The van der Waals surface area contributed by atoms with Crippen molar-refractivity contribution < 1.29 is 4.79 Å². The van der Waals surface area contributed by atoms with E-state index in [0.29, 0.717) is 21.9 Å². The minimum atomic E-state index is 0.144. The number of nitrogens with zero attached hydrogens (tertiary/aromatic N) is 1. The van der Waals surface area contributed by atoms with Gasteiger partial charge in [0, 0.05) is 6.04 Å². The van der Waals surface area contributed by atoms with E-state index in [2.05, 4.69) is 70.9 Å². The minimum absolute atomic E-state index is 0.144. The van der Waals surface area contributed by atoms with Gasteiger partial charge in [-0.3, -0.25) is 4.79 Å². The second kappa shape index (κ2) is 6.02. The summed E-state index contributed by atoms with van der Waals surface area (Å²) in [5.74, 6) is 0.823. The molecule has 0 bridgehead atoms. The van der Waals surface area contributed by atoms with Gasteiger partial charge in [-0.2, -0.15) is 0 Å². The third kappa shape index (κ3) is 3.20. The van der Waals surface area contributed by atoms with E-state index in [1.165, 1.54) is 0 Å². The first-order valence-corrected chi connectivity index (χ1v) is 8.08. The van der Waals surface area contributed by atoms with E-state index < -0.39 is 0 Å². The molecule has 0 spiro atoms. The zero-order chi connectivity index (χ0) is 11.6. The number of carbonyl (C=O) groups is 1. The third-order valence-electron chi connectivity index (χ3n) is 3.23. The van der Waals surface area contributed by atoms with Gasteiger partial charge in [-0.25, -0.2) is 0 Å². The zero-order valence-electron chi connectivity index (χ0n) is 9.54. The summed E-state index contributed by atoms with van der Waals surface area (Å²) in [5.41, 5.74) is 0. The molecule has 1 saturated heterocycles. The highest BCUT2D eigenvalue weighted by Crippen LogP contribution is 2.31. The Hall–Kier alpha value is 0.930. The predicted molar refractivity (Wildman–Crippen MR) is 80.6 cm³/mol. The fourth-order valence-corrected chi connectivity index (χ4v) is 3.89. The third-order valence-corrected chi connectivity index (χ3v) is 6.22. The van der Waals surface area contributed by atoms with Crippen molar-refractivity contribution in [1.82, 2.24) is 4.90 Å². The van der Waals surface area contributed by atoms with Crippen LogP contribution in [0, 0.1) is 5.92 Å². The highest BCUT2D eigenvalue weighted by Gasteiger charge is 2.36. The lowest BCUT2D eigenvalue weighted by Crippen LogP contribution is -2.43. The maximum absolute atomic E-state index is 12.3. The van der Waals surface area contributed by atoms with E-state index >= 15 is 0 Å². The molecule has 88 valence electrons. The first-order chi connectivity index (χ1) is 6.99. The van der Waals surface area contributed by atoms with Gasteiger partial charge in [0.1, 0.15) is 0 Å². The van der Waals surface area contributed by atoms with E-state index in [4.69, 9.17) is 0 Å². The lowest BCUT2D eigenvalue weighted by Gasteiger charge is -2.29. The molecule has 0 radical (unpaired) electrons. The van der Waals surface area contributed by atoms with Crippen molar-refractivity contribution >= 4 is 51.1 Å². The van der Waals surface area contributed by atoms with Crippen molar-refractivity contribution in [3.63, 3.8) is 0 Å². The molecule has 2 nitrogen and oxygen atoms in total. The molecule has 15 heavy (non-hydrogen) atoms. The van der Waals surface area contributed by atoms with Gasteiger partial charge in [-0.1, -0.05) is 65.5 Å². The average Bonchev–Trinajstić information content (AvgIpc) is 2.55. The maximum Gasteiger partial charge on any atom is 0.236 e. The van der Waals surface area contributed by atoms with Crippen LogP contribution in [-0.2, 0) is 4.79 Å². The lowest BCUT2D eigenvalue weighted by molar-refractivity contribution is -0.131. The molecule has 1 heterocycles. The quantitative estimate of drug-likeness (QED) is 0.377. The van der Waals surface area contributed by atoms with Crippen LogP contribution >= 0.6 is 45.2 Å². The van der Waals surface area contributed by atoms with Crippen molar-refractivity contribution in [1.29, 1.82) is 0 Å². The molecule has 0 aromatic rings. The Labute approximate surface area is 120 Å². The number of carbonyl (C=O) groups excluding carboxylic acids is 1. The Morgan fingerprint density at radius 1 is 1.53 bits per heavy atom. The molecule has 0 aromatic carbocycles. The molecule has 0 aliphatic carbocycles. The van der Waals surface area contributed by atoms with Crippen molar-refractivity contribution in [3.8, 4) is 0 Å². The first-order valence-electron chi connectivity index (χ1n) is 5.59. The Morgan fingerprint density at radius 2 is 2.13 bits per heavy atom. The number of rotatable bonds is 3. The number of halogens is 2. The molecule has 0 N–H and O–H groups in total. The van der Waals surface area contributed by atoms with E-state index in [1.807, 2.05) is 0 Å². The van der Waals surface area contributed by atoms with Crippen LogP contribution in [0.15, 0.2) is 0 Å². The van der Waals surface area contributed by atoms with Gasteiger partial charge in [0.05, 0.1) is 7.97 Å². The van der Waals surface area contributed by atoms with Crippen molar-refractivity contribution in [3.05, 3.63) is 0 Å². The average molecular weight is 435 g/mol. The van der Waals surface area contributed by atoms with Crippen LogP contribution in [-0.4, -0.2) is 24.8 Å². The summed E-state index contributed by atoms with van der Waals surface area (Å²) in [7, 11) is 0. The highest BCUT2D eigenvalue weighted by atomic mass is 127. The van der Waals surface area contributed by atoms with Gasteiger partial charge in [0.2, 0.25) is 5.91 Å². The summed E-state index contributed by atoms with van der Waals surface area (Å²) in [6, 6.07) is 0.431. The van der Waals surface area contributed by atoms with Gasteiger partial charge in [0.15, 0.2) is 0 Å². The van der Waals surface area contributed by atoms with E-state index in [-0.39, 0.29) is 3.92 Å². The van der Waals surface area contributed by atoms with Gasteiger partial charge >= 0.3 is 0 Å². The number of amides is 1. The molecule has 4 heteroatoms. The molecular weight excluding hydrogens is 416 g/mol. The van der Waals surface area contributed by atoms with Crippen molar-refractivity contribution in [2.75, 3.05) is 0 Å². The van der Waals surface area contributed by atoms with Crippen LogP contribution in [0.4, 0.5) is 0 Å². The van der Waals surface area contributed by atoms with Crippen LogP contribution in [0.5, 0.6) is 0 Å². The van der Waals surface area contributed by atoms with Crippen LogP contribution in [0.3, 0.4) is 0 Å². The lowest BCUT2D eigenvalue weighted by atomic mass is 10.0. The van der Waals surface area contributed by atoms with Crippen molar-refractivity contribution in [2.45, 2.75) is 54.0 Å². The molecule has 0 aromatic heterocycles. The van der Waals surface area contributed by atoms with Crippen LogP contribution in [0.1, 0.15) is 40.0 Å². The fraction of sp³-hybridized carbons (Fsp3) is 0.909. The molecule has 1 fully saturated rings. The molecule has 1 rings (SSSR count). The van der Waals surface area contributed by atoms with Crippen molar-refractivity contribution in [2.24, 2.45) is 5.92 Å². The molecule has 4 atom stereocenters. The standard InChI is InChI=1S/C11H19I2NO/c1-4-7(2)10(13)11(15)14-8(3)5-6-9(14)12/h7-10H,4-6H2,1-3H3/t7?,8?,9-,10?/m0/s1. The monoisotopic (exact) mass is 435 g/mol. The summed E-state index contributed by atoms with van der Waals surface area (Å²) in [5, 5.41) is 0. The largest absolute Gasteiger partial charge is 0.327 e. The number of hydrogen-bond donors (Lipinski definition) is 0. The normalized spacial score (nSPS) is 30.3. The summed E-state index contributed by atoms with van der Waals surface area (Å²) in [6.07, 6.45) is 3.38. The maximum atomic E-state index is 12.3. The Balaban J connectivity index is 2.66. The fourth-order valence-electron chi connectivity index (χ4n) is 1.88. The number of hydrogen-bond acceptors (Lipinski definition) is 1. The summed E-state index contributed by atoms with van der Waals surface area (Å²) < 4.78 is 0.553. The van der Waals surface area contributed by atoms with Gasteiger partial charge in [-0.15, -0.1) is 0 Å². The molecule has 1 aliphatic rings. The van der Waals surface area contributed by atoms with Crippen LogP contribution in [0.2, 0.25) is 0 Å². The second-order valence-electron chi connectivity index (χ2n) is 4.39. The smallest absolute Gasteiger partial charge is 0.236 e. The molecular formula is C11H19I2NO. The SMILES string of the molecule is CCC(C)C(I)C(=O)N1C(C)CC[C@H]1I. The van der Waals surface area contributed by atoms with Gasteiger partial charge in [0.25, 0.3) is 0 Å². The number of alkyl halides is 2. The summed E-state index contributed by atoms with van der Waals surface area (Å²) >= 11 is 4.70. The Kier molecular flexibility index (Phi) is 5.62. The summed E-state index contributed by atoms with van der Waals surface area (Å²) in [6.45, 7) is 6.48. The number of likely N-dealkylation sites (tertiary alicyclic amines) is 1. The Morgan fingerprint density at radius 3 is 2.53 bits per heavy atom. The van der Waals surface area contributed by atoms with Crippen LogP contribution in [0.25, 0.3) is 0 Å². The van der Waals surface area contributed by atoms with Gasteiger partial charge < -0.3 is 4.90 Å². The molecule has 1 aliphatic heterocycles. The van der Waals surface area contributed by atoms with E-state index in [9.17, 15) is 4.79 Å². The van der Waals surface area contributed by atoms with Crippen LogP contribution < -0.4 is 0 Å². The second-order valence-corrected chi connectivity index (χ2v) is 7.17. The predicted octanol–water partition coefficient (Wildman–Crippen LogP) is 3.61. The Bertz CT molecular complexity index is 225. The zero-order valence-corrected chi connectivity index (χ0v) is 13.9. The van der Waals surface area contributed by atoms with E-state index in [1.54, 1.807) is 0 Å². The van der Waals surface area contributed by atoms with E-state index in [0.717, 1.165) is 19.3 Å². The highest BCUT2D eigenvalue weighted by molar-refractivity contribution is 14.1. The first kappa shape index (κ1) is 14.0. The molecule has 3 unspecified atom stereocenters.